The van der Waals surface area contributed by atoms with Gasteiger partial charge in [0.25, 0.3) is 0 Å². The van der Waals surface area contributed by atoms with Gasteiger partial charge in [0.05, 0.1) is 12.0 Å². The van der Waals surface area contributed by atoms with Gasteiger partial charge < -0.3 is 14.4 Å². The average molecular weight is 461 g/mol. The number of hydrogen-bond donors (Lipinski definition) is 0. The molecular weight excluding hydrogens is 435 g/mol. The Kier molecular flexibility index (Phi) is 7.66. The summed E-state index contributed by atoms with van der Waals surface area (Å²) in [7, 11) is -2.19. The summed E-state index contributed by atoms with van der Waals surface area (Å²) in [6, 6.07) is 10.0. The lowest BCUT2D eigenvalue weighted by Gasteiger charge is -2.33. The Morgan fingerprint density at radius 1 is 1.09 bits per heavy atom. The number of carbonyl (C=O) groups excluding carboxylic acids is 1. The van der Waals surface area contributed by atoms with Crippen molar-refractivity contribution in [3.8, 4) is 11.5 Å². The molecule has 0 aliphatic carbocycles. The highest BCUT2D eigenvalue weighted by Gasteiger charge is 2.29. The van der Waals surface area contributed by atoms with Crippen molar-refractivity contribution in [1.29, 1.82) is 0 Å². The molecule has 1 heterocycles. The van der Waals surface area contributed by atoms with Crippen molar-refractivity contribution in [2.24, 2.45) is 0 Å². The summed E-state index contributed by atoms with van der Waals surface area (Å²) in [5.74, 6) is 0.410. The van der Waals surface area contributed by atoms with E-state index in [-0.39, 0.29) is 37.0 Å². The molecule has 7 nitrogen and oxygen atoms in total. The molecule has 32 heavy (non-hydrogen) atoms. The largest absolute Gasteiger partial charge is 0.493 e. The maximum atomic E-state index is 13.1. The molecule has 2 aromatic rings. The van der Waals surface area contributed by atoms with Crippen LogP contribution in [0.5, 0.6) is 11.5 Å². The molecule has 1 aliphatic heterocycles. The molecule has 0 saturated carbocycles. The molecule has 1 amide bonds. The molecule has 1 aliphatic rings. The van der Waals surface area contributed by atoms with Crippen LogP contribution in [-0.2, 0) is 14.8 Å². The molecule has 0 spiro atoms. The Hall–Kier alpha value is -3.17. The van der Waals surface area contributed by atoms with Crippen molar-refractivity contribution >= 4 is 22.0 Å². The fraction of sp³-hybridized carbons (Fsp3) is 0.261. The zero-order valence-corrected chi connectivity index (χ0v) is 18.6. The van der Waals surface area contributed by atoms with E-state index in [0.717, 1.165) is 17.7 Å². The summed E-state index contributed by atoms with van der Waals surface area (Å²) in [5.41, 5.74) is 0.763. The lowest BCUT2D eigenvalue weighted by Crippen LogP contribution is -2.50. The van der Waals surface area contributed by atoms with E-state index in [4.69, 9.17) is 9.47 Å². The predicted octanol–water partition coefficient (Wildman–Crippen LogP) is 2.95. The predicted molar refractivity (Wildman–Crippen MR) is 119 cm³/mol. The van der Waals surface area contributed by atoms with E-state index in [9.17, 15) is 17.6 Å². The lowest BCUT2D eigenvalue weighted by atomic mass is 10.2. The van der Waals surface area contributed by atoms with Crippen LogP contribution in [0.1, 0.15) is 5.56 Å². The van der Waals surface area contributed by atoms with Gasteiger partial charge in [0, 0.05) is 32.3 Å². The van der Waals surface area contributed by atoms with Crippen LogP contribution in [0.25, 0.3) is 6.08 Å². The van der Waals surface area contributed by atoms with Crippen LogP contribution in [0.4, 0.5) is 4.39 Å². The van der Waals surface area contributed by atoms with Gasteiger partial charge in [-0.1, -0.05) is 18.7 Å². The second-order valence-corrected chi connectivity index (χ2v) is 8.96. The van der Waals surface area contributed by atoms with Gasteiger partial charge in [-0.3, -0.25) is 4.79 Å². The number of halogens is 1. The first-order valence-electron chi connectivity index (χ1n) is 9.99. The smallest absolute Gasteiger partial charge is 0.246 e. The van der Waals surface area contributed by atoms with Crippen LogP contribution < -0.4 is 9.47 Å². The fourth-order valence-corrected chi connectivity index (χ4v) is 4.66. The lowest BCUT2D eigenvalue weighted by molar-refractivity contribution is -0.127. The van der Waals surface area contributed by atoms with E-state index >= 15 is 0 Å². The molecule has 0 unspecified atom stereocenters. The molecule has 3 rings (SSSR count). The molecular formula is C23H25FN2O5S. The zero-order chi connectivity index (χ0) is 23.1. The van der Waals surface area contributed by atoms with Gasteiger partial charge in [0.2, 0.25) is 15.9 Å². The highest BCUT2D eigenvalue weighted by molar-refractivity contribution is 7.89. The third kappa shape index (κ3) is 5.54. The normalized spacial score (nSPS) is 15.0. The summed E-state index contributed by atoms with van der Waals surface area (Å²) < 4.78 is 50.6. The topological polar surface area (TPSA) is 76.2 Å². The monoisotopic (exact) mass is 460 g/mol. The number of nitrogens with zero attached hydrogens (tertiary/aromatic N) is 2. The third-order valence-corrected chi connectivity index (χ3v) is 6.88. The van der Waals surface area contributed by atoms with Crippen molar-refractivity contribution < 1.29 is 27.1 Å². The Bertz CT molecular complexity index is 1090. The summed E-state index contributed by atoms with van der Waals surface area (Å²) in [6.07, 6.45) is 4.75. The maximum absolute atomic E-state index is 13.1. The Labute approximate surface area is 187 Å². The first kappa shape index (κ1) is 23.5. The van der Waals surface area contributed by atoms with Crippen molar-refractivity contribution in [3.63, 3.8) is 0 Å². The molecule has 1 fully saturated rings. The molecule has 2 aromatic carbocycles. The van der Waals surface area contributed by atoms with E-state index in [1.54, 1.807) is 35.3 Å². The fourth-order valence-electron chi connectivity index (χ4n) is 3.23. The number of amides is 1. The standard InChI is InChI=1S/C23H25FN2O5S/c1-3-16-31-21-10-4-18(17-22(21)30-2)5-11-23(27)25-12-14-26(15-13-25)32(28,29)20-8-6-19(24)7-9-20/h3-11,17H,1,12-16H2,2H3/b11-5+. The minimum atomic E-state index is -3.72. The van der Waals surface area contributed by atoms with Crippen LogP contribution in [0.2, 0.25) is 0 Å². The molecule has 0 bridgehead atoms. The summed E-state index contributed by atoms with van der Waals surface area (Å²) >= 11 is 0. The van der Waals surface area contributed by atoms with Gasteiger partial charge in [-0.25, -0.2) is 12.8 Å². The Morgan fingerprint density at radius 2 is 1.78 bits per heavy atom. The second-order valence-electron chi connectivity index (χ2n) is 7.03. The number of ether oxygens (including phenoxy) is 2. The van der Waals surface area contributed by atoms with E-state index in [2.05, 4.69) is 6.58 Å². The van der Waals surface area contributed by atoms with E-state index in [0.29, 0.717) is 18.1 Å². The highest BCUT2D eigenvalue weighted by Crippen LogP contribution is 2.28. The SMILES string of the molecule is C=CCOc1ccc(/C=C/C(=O)N2CCN(S(=O)(=O)c3ccc(F)cc3)CC2)cc1OC. The Morgan fingerprint density at radius 3 is 2.41 bits per heavy atom. The van der Waals surface area contributed by atoms with Gasteiger partial charge in [0.1, 0.15) is 12.4 Å². The van der Waals surface area contributed by atoms with Crippen LogP contribution >= 0.6 is 0 Å². The second kappa shape index (κ2) is 10.4. The molecule has 1 saturated heterocycles. The van der Waals surface area contributed by atoms with Crippen LogP contribution in [0.15, 0.2) is 66.1 Å². The number of benzene rings is 2. The average Bonchev–Trinajstić information content (AvgIpc) is 2.81. The van der Waals surface area contributed by atoms with Crippen LogP contribution in [0.3, 0.4) is 0 Å². The highest BCUT2D eigenvalue weighted by atomic mass is 32.2. The molecule has 0 aromatic heterocycles. The number of piperazine rings is 1. The van der Waals surface area contributed by atoms with E-state index in [1.807, 2.05) is 0 Å². The zero-order valence-electron chi connectivity index (χ0n) is 17.7. The molecule has 9 heteroatoms. The summed E-state index contributed by atoms with van der Waals surface area (Å²) in [4.78, 5) is 14.2. The number of rotatable bonds is 8. The molecule has 0 radical (unpaired) electrons. The maximum Gasteiger partial charge on any atom is 0.246 e. The number of sulfonamides is 1. The summed E-state index contributed by atoms with van der Waals surface area (Å²) in [5, 5.41) is 0. The van der Waals surface area contributed by atoms with Gasteiger partial charge in [-0.05, 0) is 48.0 Å². The number of carbonyl (C=O) groups is 1. The van der Waals surface area contributed by atoms with E-state index < -0.39 is 15.8 Å². The van der Waals surface area contributed by atoms with E-state index in [1.165, 1.54) is 29.6 Å². The van der Waals surface area contributed by atoms with Gasteiger partial charge in [0.15, 0.2) is 11.5 Å². The molecule has 0 N–H and O–H groups in total. The van der Waals surface area contributed by atoms with Crippen molar-refractivity contribution in [2.45, 2.75) is 4.90 Å². The first-order valence-corrected chi connectivity index (χ1v) is 11.4. The third-order valence-electron chi connectivity index (χ3n) is 4.96. The van der Waals surface area contributed by atoms with Crippen molar-refractivity contribution in [1.82, 2.24) is 9.21 Å². The minimum Gasteiger partial charge on any atom is -0.493 e. The van der Waals surface area contributed by atoms with Crippen molar-refractivity contribution in [3.05, 3.63) is 72.6 Å². The van der Waals surface area contributed by atoms with Crippen LogP contribution in [-0.4, -0.2) is 63.4 Å². The Balaban J connectivity index is 1.60. The molecule has 170 valence electrons. The summed E-state index contributed by atoms with van der Waals surface area (Å²) in [6.45, 7) is 4.83. The number of hydrogen-bond acceptors (Lipinski definition) is 5. The van der Waals surface area contributed by atoms with Gasteiger partial charge in [-0.15, -0.1) is 0 Å². The quantitative estimate of drug-likeness (QED) is 0.447. The van der Waals surface area contributed by atoms with Crippen molar-refractivity contribution in [2.75, 3.05) is 39.9 Å². The van der Waals surface area contributed by atoms with Gasteiger partial charge in [-0.2, -0.15) is 4.31 Å². The van der Waals surface area contributed by atoms with Gasteiger partial charge >= 0.3 is 0 Å². The first-order chi connectivity index (χ1) is 15.3. The minimum absolute atomic E-state index is 0.0352. The molecule has 0 atom stereocenters. The number of methoxy groups -OCH3 is 1. The van der Waals surface area contributed by atoms with Crippen LogP contribution in [0, 0.1) is 5.82 Å².